The van der Waals surface area contributed by atoms with Crippen LogP contribution in [0.15, 0.2) is 22.7 Å². The van der Waals surface area contributed by atoms with Crippen molar-refractivity contribution in [3.05, 3.63) is 28.2 Å². The smallest absolute Gasteiger partial charge is 0.125 e. The van der Waals surface area contributed by atoms with Crippen molar-refractivity contribution >= 4 is 15.9 Å². The maximum absolute atomic E-state index is 9.34. The standard InChI is InChI=1S/C15H20BrNO2/c16-11-3-4-13-14(2-1-5-19-15(13)8-11)17-9-10-6-12(18)7-10/h3-4,8,10,12,14,17-18H,1-2,5-7,9H2. The number of rotatable bonds is 3. The summed E-state index contributed by atoms with van der Waals surface area (Å²) in [5.41, 5.74) is 1.26. The molecule has 1 unspecified atom stereocenters. The quantitative estimate of drug-likeness (QED) is 0.897. The van der Waals surface area contributed by atoms with Crippen molar-refractivity contribution < 1.29 is 9.84 Å². The van der Waals surface area contributed by atoms with Crippen LogP contribution >= 0.6 is 15.9 Å². The Morgan fingerprint density at radius 3 is 3.00 bits per heavy atom. The highest BCUT2D eigenvalue weighted by atomic mass is 79.9. The summed E-state index contributed by atoms with van der Waals surface area (Å²) < 4.78 is 6.88. The molecule has 19 heavy (non-hydrogen) atoms. The van der Waals surface area contributed by atoms with E-state index in [1.54, 1.807) is 0 Å². The highest BCUT2D eigenvalue weighted by molar-refractivity contribution is 9.10. The maximum Gasteiger partial charge on any atom is 0.125 e. The number of ether oxygens (including phenoxy) is 1. The minimum absolute atomic E-state index is 0.0625. The van der Waals surface area contributed by atoms with E-state index < -0.39 is 0 Å². The number of halogens is 1. The molecule has 104 valence electrons. The van der Waals surface area contributed by atoms with Crippen molar-refractivity contribution in [2.75, 3.05) is 13.2 Å². The molecule has 1 aromatic carbocycles. The summed E-state index contributed by atoms with van der Waals surface area (Å²) in [5, 5.41) is 13.0. The fraction of sp³-hybridized carbons (Fsp3) is 0.600. The van der Waals surface area contributed by atoms with Crippen LogP contribution in [-0.4, -0.2) is 24.4 Å². The van der Waals surface area contributed by atoms with Gasteiger partial charge in [-0.3, -0.25) is 0 Å². The number of fused-ring (bicyclic) bond motifs is 1. The van der Waals surface area contributed by atoms with Gasteiger partial charge in [-0.05, 0) is 50.3 Å². The first-order valence-electron chi connectivity index (χ1n) is 7.06. The Bertz CT molecular complexity index is 446. The molecule has 1 aliphatic carbocycles. The molecular weight excluding hydrogens is 306 g/mol. The second-order valence-electron chi connectivity index (χ2n) is 5.62. The zero-order valence-electron chi connectivity index (χ0n) is 10.9. The average molecular weight is 326 g/mol. The molecule has 3 rings (SSSR count). The van der Waals surface area contributed by atoms with E-state index in [0.717, 1.165) is 49.1 Å². The molecule has 1 aromatic rings. The largest absolute Gasteiger partial charge is 0.493 e. The van der Waals surface area contributed by atoms with Gasteiger partial charge in [-0.25, -0.2) is 0 Å². The van der Waals surface area contributed by atoms with Crippen LogP contribution in [0.2, 0.25) is 0 Å². The van der Waals surface area contributed by atoms with Crippen LogP contribution in [0.3, 0.4) is 0 Å². The first-order chi connectivity index (χ1) is 9.22. The number of hydrogen-bond acceptors (Lipinski definition) is 3. The lowest BCUT2D eigenvalue weighted by Crippen LogP contribution is -2.37. The van der Waals surface area contributed by atoms with Gasteiger partial charge in [-0.1, -0.05) is 22.0 Å². The molecule has 0 aromatic heterocycles. The Morgan fingerprint density at radius 1 is 1.37 bits per heavy atom. The molecule has 4 heteroatoms. The molecule has 0 spiro atoms. The fourth-order valence-electron chi connectivity index (χ4n) is 2.93. The van der Waals surface area contributed by atoms with Gasteiger partial charge in [-0.15, -0.1) is 0 Å². The van der Waals surface area contributed by atoms with Gasteiger partial charge in [0.05, 0.1) is 12.7 Å². The fourth-order valence-corrected chi connectivity index (χ4v) is 3.27. The molecule has 1 atom stereocenters. The monoisotopic (exact) mass is 325 g/mol. The molecule has 2 aliphatic rings. The van der Waals surface area contributed by atoms with Crippen molar-refractivity contribution in [3.8, 4) is 5.75 Å². The maximum atomic E-state index is 9.34. The van der Waals surface area contributed by atoms with E-state index in [1.807, 2.05) is 0 Å². The minimum Gasteiger partial charge on any atom is -0.493 e. The molecule has 0 saturated heterocycles. The van der Waals surface area contributed by atoms with Crippen molar-refractivity contribution in [1.29, 1.82) is 0 Å². The van der Waals surface area contributed by atoms with Gasteiger partial charge in [0.15, 0.2) is 0 Å². The lowest BCUT2D eigenvalue weighted by Gasteiger charge is -2.33. The highest BCUT2D eigenvalue weighted by Crippen LogP contribution is 2.34. The zero-order valence-corrected chi connectivity index (χ0v) is 12.5. The molecule has 2 N–H and O–H groups in total. The Labute approximate surface area is 122 Å². The molecule has 0 bridgehead atoms. The van der Waals surface area contributed by atoms with Crippen LogP contribution in [0.1, 0.15) is 37.3 Å². The van der Waals surface area contributed by atoms with Crippen molar-refractivity contribution in [2.24, 2.45) is 5.92 Å². The van der Waals surface area contributed by atoms with Gasteiger partial charge in [0, 0.05) is 16.1 Å². The second-order valence-corrected chi connectivity index (χ2v) is 6.54. The summed E-state index contributed by atoms with van der Waals surface area (Å²) in [5.74, 6) is 1.64. The predicted molar refractivity (Wildman–Crippen MR) is 78.3 cm³/mol. The summed E-state index contributed by atoms with van der Waals surface area (Å²) >= 11 is 3.50. The van der Waals surface area contributed by atoms with Gasteiger partial charge in [0.1, 0.15) is 5.75 Å². The summed E-state index contributed by atoms with van der Waals surface area (Å²) in [6.07, 6.45) is 4.03. The Hall–Kier alpha value is -0.580. The van der Waals surface area contributed by atoms with Crippen LogP contribution in [-0.2, 0) is 0 Å². The first kappa shape index (κ1) is 13.4. The van der Waals surface area contributed by atoms with Crippen molar-refractivity contribution in [2.45, 2.75) is 37.8 Å². The van der Waals surface area contributed by atoms with Crippen molar-refractivity contribution in [3.63, 3.8) is 0 Å². The Kier molecular flexibility index (Phi) is 4.10. The third kappa shape index (κ3) is 3.12. The van der Waals surface area contributed by atoms with E-state index in [4.69, 9.17) is 4.74 Å². The van der Waals surface area contributed by atoms with E-state index in [1.165, 1.54) is 5.56 Å². The molecule has 1 heterocycles. The molecule has 0 amide bonds. The first-order valence-corrected chi connectivity index (χ1v) is 7.85. The summed E-state index contributed by atoms with van der Waals surface area (Å²) in [7, 11) is 0. The SMILES string of the molecule is OC1CC(CNC2CCCOc3cc(Br)ccc32)C1. The van der Waals surface area contributed by atoms with Gasteiger partial charge in [-0.2, -0.15) is 0 Å². The van der Waals surface area contributed by atoms with Crippen LogP contribution in [0.25, 0.3) is 0 Å². The van der Waals surface area contributed by atoms with Gasteiger partial charge in [0.25, 0.3) is 0 Å². The van der Waals surface area contributed by atoms with Crippen LogP contribution in [0, 0.1) is 5.92 Å². The highest BCUT2D eigenvalue weighted by Gasteiger charge is 2.28. The number of hydrogen-bond donors (Lipinski definition) is 2. The Balaban J connectivity index is 1.67. The molecule has 1 saturated carbocycles. The summed E-state index contributed by atoms with van der Waals surface area (Å²) in [6.45, 7) is 1.79. The third-order valence-corrected chi connectivity index (χ3v) is 4.60. The van der Waals surface area contributed by atoms with E-state index in [2.05, 4.69) is 39.4 Å². The van der Waals surface area contributed by atoms with Gasteiger partial charge >= 0.3 is 0 Å². The van der Waals surface area contributed by atoms with E-state index >= 15 is 0 Å². The number of aliphatic hydroxyl groups is 1. The van der Waals surface area contributed by atoms with Crippen molar-refractivity contribution in [1.82, 2.24) is 5.32 Å². The van der Waals surface area contributed by atoms with Gasteiger partial charge in [0.2, 0.25) is 0 Å². The zero-order chi connectivity index (χ0) is 13.2. The molecule has 1 aliphatic heterocycles. The number of benzene rings is 1. The van der Waals surface area contributed by atoms with E-state index in [0.29, 0.717) is 12.0 Å². The second kappa shape index (κ2) is 5.81. The van der Waals surface area contributed by atoms with E-state index in [-0.39, 0.29) is 6.10 Å². The van der Waals surface area contributed by atoms with Gasteiger partial charge < -0.3 is 15.2 Å². The molecular formula is C15H20BrNO2. The molecule has 1 fully saturated rings. The molecule has 3 nitrogen and oxygen atoms in total. The minimum atomic E-state index is -0.0625. The molecule has 0 radical (unpaired) electrons. The summed E-state index contributed by atoms with van der Waals surface area (Å²) in [6, 6.07) is 6.67. The Morgan fingerprint density at radius 2 is 2.21 bits per heavy atom. The lowest BCUT2D eigenvalue weighted by atomic mass is 9.82. The third-order valence-electron chi connectivity index (χ3n) is 4.11. The van der Waals surface area contributed by atoms with Crippen LogP contribution in [0.4, 0.5) is 0 Å². The predicted octanol–water partition coefficient (Wildman–Crippen LogP) is 3.02. The average Bonchev–Trinajstić information content (AvgIpc) is 2.55. The topological polar surface area (TPSA) is 41.5 Å². The number of nitrogens with one attached hydrogen (secondary N) is 1. The summed E-state index contributed by atoms with van der Waals surface area (Å²) in [4.78, 5) is 0. The normalized spacial score (nSPS) is 29.9. The lowest BCUT2D eigenvalue weighted by molar-refractivity contribution is 0.0417. The van der Waals surface area contributed by atoms with E-state index in [9.17, 15) is 5.11 Å². The number of aliphatic hydroxyl groups excluding tert-OH is 1. The van der Waals surface area contributed by atoms with Crippen LogP contribution in [0.5, 0.6) is 5.75 Å². The van der Waals surface area contributed by atoms with Crippen LogP contribution < -0.4 is 10.1 Å².